The number of aryl methyl sites for hydroxylation is 1. The van der Waals surface area contributed by atoms with Gasteiger partial charge in [0.2, 0.25) is 5.75 Å². The Morgan fingerprint density at radius 1 is 1.25 bits per heavy atom. The summed E-state index contributed by atoms with van der Waals surface area (Å²) >= 11 is 11.9. The van der Waals surface area contributed by atoms with Crippen LogP contribution in [0.3, 0.4) is 0 Å². The van der Waals surface area contributed by atoms with Crippen LogP contribution in [0, 0.1) is 17.0 Å². The number of benzene rings is 2. The van der Waals surface area contributed by atoms with Crippen LogP contribution in [0.5, 0.6) is 11.5 Å². The van der Waals surface area contributed by atoms with Crippen molar-refractivity contribution in [2.24, 2.45) is 0 Å². The Balaban J connectivity index is 2.51. The van der Waals surface area contributed by atoms with Crippen LogP contribution in [0.4, 0.5) is 5.69 Å². The molecule has 2 rings (SSSR count). The Labute approximate surface area is 126 Å². The lowest BCUT2D eigenvalue weighted by Crippen LogP contribution is -1.97. The standard InChI is InChI=1S/C14H11Cl2NO3/c1-9-4-2-7-12(13(9)17(18)19)20-14-10(8-15)5-3-6-11(14)16/h2-7H,8H2,1H3. The van der Waals surface area contributed by atoms with Gasteiger partial charge >= 0.3 is 5.69 Å². The van der Waals surface area contributed by atoms with E-state index in [0.29, 0.717) is 21.9 Å². The molecule has 2 aromatic rings. The summed E-state index contributed by atoms with van der Waals surface area (Å²) in [4.78, 5) is 10.7. The Kier molecular flexibility index (Phi) is 4.47. The number of nitro benzene ring substituents is 1. The van der Waals surface area contributed by atoms with E-state index in [1.165, 1.54) is 6.07 Å². The molecular formula is C14H11Cl2NO3. The summed E-state index contributed by atoms with van der Waals surface area (Å²) < 4.78 is 5.65. The Hall–Kier alpha value is -1.78. The van der Waals surface area contributed by atoms with E-state index < -0.39 is 4.92 Å². The number of nitrogens with zero attached hydrogens (tertiary/aromatic N) is 1. The molecule has 0 unspecified atom stereocenters. The molecule has 0 atom stereocenters. The van der Waals surface area contributed by atoms with E-state index in [-0.39, 0.29) is 17.3 Å². The third-order valence-electron chi connectivity index (χ3n) is 2.79. The van der Waals surface area contributed by atoms with Crippen molar-refractivity contribution >= 4 is 28.9 Å². The fourth-order valence-electron chi connectivity index (χ4n) is 1.83. The number of rotatable bonds is 4. The summed E-state index contributed by atoms with van der Waals surface area (Å²) in [6.45, 7) is 1.65. The van der Waals surface area contributed by atoms with E-state index in [9.17, 15) is 10.1 Å². The molecule has 0 bridgehead atoms. The number of halogens is 2. The number of nitro groups is 1. The summed E-state index contributed by atoms with van der Waals surface area (Å²) in [5, 5.41) is 11.5. The molecule has 0 spiro atoms. The van der Waals surface area contributed by atoms with Gasteiger partial charge in [0.05, 0.1) is 15.8 Å². The zero-order valence-electron chi connectivity index (χ0n) is 10.6. The fourth-order valence-corrected chi connectivity index (χ4v) is 2.27. The summed E-state index contributed by atoms with van der Waals surface area (Å²) in [7, 11) is 0. The van der Waals surface area contributed by atoms with Crippen molar-refractivity contribution in [3.63, 3.8) is 0 Å². The molecule has 0 amide bonds. The second kappa shape index (κ2) is 6.11. The fraction of sp³-hybridized carbons (Fsp3) is 0.143. The number of hydrogen-bond donors (Lipinski definition) is 0. The molecule has 20 heavy (non-hydrogen) atoms. The summed E-state index contributed by atoms with van der Waals surface area (Å²) in [5.74, 6) is 0.697. The van der Waals surface area contributed by atoms with Crippen LogP contribution in [0.2, 0.25) is 5.02 Å². The van der Waals surface area contributed by atoms with Crippen LogP contribution < -0.4 is 4.74 Å². The minimum Gasteiger partial charge on any atom is -0.448 e. The van der Waals surface area contributed by atoms with Gasteiger partial charge in [0.15, 0.2) is 5.75 Å². The zero-order valence-corrected chi connectivity index (χ0v) is 12.1. The van der Waals surface area contributed by atoms with Crippen LogP contribution in [0.15, 0.2) is 36.4 Å². The van der Waals surface area contributed by atoms with E-state index in [1.54, 1.807) is 37.3 Å². The molecule has 0 heterocycles. The van der Waals surface area contributed by atoms with Crippen molar-refractivity contribution in [2.75, 3.05) is 0 Å². The first-order chi connectivity index (χ1) is 9.54. The van der Waals surface area contributed by atoms with Gasteiger partial charge < -0.3 is 4.74 Å². The average molecular weight is 312 g/mol. The largest absolute Gasteiger partial charge is 0.448 e. The molecule has 0 saturated heterocycles. The molecule has 0 aliphatic rings. The molecule has 0 saturated carbocycles. The van der Waals surface area contributed by atoms with Gasteiger partial charge in [0.1, 0.15) is 0 Å². The second-order valence-electron chi connectivity index (χ2n) is 4.14. The van der Waals surface area contributed by atoms with Crippen molar-refractivity contribution < 1.29 is 9.66 Å². The van der Waals surface area contributed by atoms with E-state index in [0.717, 1.165) is 0 Å². The molecular weight excluding hydrogens is 301 g/mol. The molecule has 6 heteroatoms. The van der Waals surface area contributed by atoms with E-state index in [1.807, 2.05) is 0 Å². The third-order valence-corrected chi connectivity index (χ3v) is 3.37. The number of hydrogen-bond acceptors (Lipinski definition) is 3. The van der Waals surface area contributed by atoms with Gasteiger partial charge in [0, 0.05) is 11.1 Å². The van der Waals surface area contributed by atoms with Crippen LogP contribution in [0.25, 0.3) is 0 Å². The molecule has 104 valence electrons. The molecule has 2 aromatic carbocycles. The Bertz CT molecular complexity index is 659. The minimum atomic E-state index is -0.470. The van der Waals surface area contributed by atoms with Crippen LogP contribution in [-0.2, 0) is 5.88 Å². The predicted molar refractivity (Wildman–Crippen MR) is 78.9 cm³/mol. The monoisotopic (exact) mass is 311 g/mol. The van der Waals surface area contributed by atoms with Crippen molar-refractivity contribution in [1.82, 2.24) is 0 Å². The van der Waals surface area contributed by atoms with Gasteiger partial charge in [-0.15, -0.1) is 11.6 Å². The highest BCUT2D eigenvalue weighted by Crippen LogP contribution is 2.38. The van der Waals surface area contributed by atoms with Gasteiger partial charge in [0.25, 0.3) is 0 Å². The first-order valence-corrected chi connectivity index (χ1v) is 6.71. The van der Waals surface area contributed by atoms with Crippen molar-refractivity contribution in [3.05, 3.63) is 62.7 Å². The highest BCUT2D eigenvalue weighted by atomic mass is 35.5. The maximum absolute atomic E-state index is 11.1. The van der Waals surface area contributed by atoms with Crippen LogP contribution >= 0.6 is 23.2 Å². The van der Waals surface area contributed by atoms with Crippen LogP contribution in [-0.4, -0.2) is 4.92 Å². The SMILES string of the molecule is Cc1cccc(Oc2c(Cl)cccc2CCl)c1[N+](=O)[O-]. The van der Waals surface area contributed by atoms with Crippen molar-refractivity contribution in [3.8, 4) is 11.5 Å². The first-order valence-electron chi connectivity index (χ1n) is 5.79. The molecule has 0 radical (unpaired) electrons. The van der Waals surface area contributed by atoms with Gasteiger partial charge in [-0.05, 0) is 19.1 Å². The third kappa shape index (κ3) is 2.86. The lowest BCUT2D eigenvalue weighted by molar-refractivity contribution is -0.386. The molecule has 0 aliphatic carbocycles. The minimum absolute atomic E-state index is 0.0760. The molecule has 0 aliphatic heterocycles. The van der Waals surface area contributed by atoms with Gasteiger partial charge in [-0.3, -0.25) is 10.1 Å². The predicted octanol–water partition coefficient (Wildman–Crippen LogP) is 5.09. The topological polar surface area (TPSA) is 52.4 Å². The zero-order chi connectivity index (χ0) is 14.7. The lowest BCUT2D eigenvalue weighted by atomic mass is 10.2. The molecule has 0 aromatic heterocycles. The van der Waals surface area contributed by atoms with E-state index in [4.69, 9.17) is 27.9 Å². The molecule has 0 N–H and O–H groups in total. The summed E-state index contributed by atoms with van der Waals surface area (Å²) in [6.07, 6.45) is 0. The van der Waals surface area contributed by atoms with Gasteiger partial charge in [-0.1, -0.05) is 35.9 Å². The number of para-hydroxylation sites is 2. The average Bonchev–Trinajstić information content (AvgIpc) is 2.40. The lowest BCUT2D eigenvalue weighted by Gasteiger charge is -2.12. The van der Waals surface area contributed by atoms with Crippen molar-refractivity contribution in [2.45, 2.75) is 12.8 Å². The quantitative estimate of drug-likeness (QED) is 0.449. The second-order valence-corrected chi connectivity index (χ2v) is 4.82. The Morgan fingerprint density at radius 2 is 1.95 bits per heavy atom. The maximum Gasteiger partial charge on any atom is 0.314 e. The highest BCUT2D eigenvalue weighted by molar-refractivity contribution is 6.32. The first kappa shape index (κ1) is 14.6. The summed E-state index contributed by atoms with van der Waals surface area (Å²) in [5.41, 5.74) is 1.12. The van der Waals surface area contributed by atoms with Gasteiger partial charge in [-0.25, -0.2) is 0 Å². The highest BCUT2D eigenvalue weighted by Gasteiger charge is 2.20. The number of alkyl halides is 1. The summed E-state index contributed by atoms with van der Waals surface area (Å²) in [6, 6.07) is 10.0. The molecule has 0 fully saturated rings. The maximum atomic E-state index is 11.1. The van der Waals surface area contributed by atoms with Crippen LogP contribution in [0.1, 0.15) is 11.1 Å². The normalized spacial score (nSPS) is 10.3. The van der Waals surface area contributed by atoms with E-state index >= 15 is 0 Å². The van der Waals surface area contributed by atoms with Gasteiger partial charge in [-0.2, -0.15) is 0 Å². The number of ether oxygens (including phenoxy) is 1. The van der Waals surface area contributed by atoms with Crippen molar-refractivity contribution in [1.29, 1.82) is 0 Å². The molecule has 4 nitrogen and oxygen atoms in total. The smallest absolute Gasteiger partial charge is 0.314 e. The van der Waals surface area contributed by atoms with E-state index in [2.05, 4.69) is 0 Å². The Morgan fingerprint density at radius 3 is 2.60 bits per heavy atom.